The summed E-state index contributed by atoms with van der Waals surface area (Å²) in [6, 6.07) is 23.3. The number of benzene rings is 3. The van der Waals surface area contributed by atoms with Crippen molar-refractivity contribution >= 4 is 99.5 Å². The third-order valence-corrected chi connectivity index (χ3v) is 13.1. The molecule has 2 fully saturated rings. The number of nitrogens with zero attached hydrogens (tertiary/aromatic N) is 2. The highest BCUT2D eigenvalue weighted by Crippen LogP contribution is 2.46. The Balaban J connectivity index is 0.000000223. The summed E-state index contributed by atoms with van der Waals surface area (Å²) in [4.78, 5) is 65.8. The molecule has 3 aromatic rings. The number of carbonyl (C=O) groups excluding carboxylic acids is 5. The predicted molar refractivity (Wildman–Crippen MR) is 235 cm³/mol. The standard InChI is InChI=1S/C25H24ClNO5S.C16H17ClN2O4S.CH2Cl2/c1-31-20-9-7-17(8-10-20)14-32-25(30)22-18(13-26)15-33-24-21(23(29)27(22)24)12-19(28)11-16-5-3-2-4-6-16;1-22-11-4-2-9(3-5-11)7-23-16(21)13-10(6-17)8-24-15-12(18)14(20)19(13)15;2-1-3/h2-10,21,24H,11-15H2,1H3;2-5,12,15H,6-8,18H2,1H3;1H2/t21-,24-;12-,15-;/m11./s1. The number of hydrogen-bond acceptors (Lipinski definition) is 12. The van der Waals surface area contributed by atoms with Gasteiger partial charge >= 0.3 is 11.9 Å². The molecule has 7 rings (SSSR count). The van der Waals surface area contributed by atoms with Gasteiger partial charge in [-0.3, -0.25) is 24.2 Å². The van der Waals surface area contributed by atoms with Gasteiger partial charge in [0.25, 0.3) is 0 Å². The van der Waals surface area contributed by atoms with Gasteiger partial charge in [-0.2, -0.15) is 0 Å². The van der Waals surface area contributed by atoms with E-state index in [1.807, 2.05) is 54.6 Å². The van der Waals surface area contributed by atoms with Crippen molar-refractivity contribution in [2.45, 2.75) is 42.8 Å². The summed E-state index contributed by atoms with van der Waals surface area (Å²) in [6.07, 6.45) is 0.452. The van der Waals surface area contributed by atoms with Crippen molar-refractivity contribution in [1.82, 2.24) is 9.80 Å². The Morgan fingerprint density at radius 2 is 1.12 bits per heavy atom. The summed E-state index contributed by atoms with van der Waals surface area (Å²) >= 11 is 24.6. The van der Waals surface area contributed by atoms with E-state index in [1.54, 1.807) is 38.5 Å². The zero-order valence-electron chi connectivity index (χ0n) is 32.7. The van der Waals surface area contributed by atoms with E-state index in [0.29, 0.717) is 34.8 Å². The van der Waals surface area contributed by atoms with E-state index < -0.39 is 23.9 Å². The Labute approximate surface area is 376 Å². The normalized spacial score (nSPS) is 20.2. The molecule has 0 aromatic heterocycles. The maximum atomic E-state index is 13.0. The van der Waals surface area contributed by atoms with E-state index in [-0.39, 0.29) is 76.5 Å². The van der Waals surface area contributed by atoms with Gasteiger partial charge in [-0.05, 0) is 52.1 Å². The number of β-lactam (4-membered cyclic amide) rings is 2. The van der Waals surface area contributed by atoms with Crippen molar-refractivity contribution in [1.29, 1.82) is 0 Å². The SMILES string of the molecule is COc1ccc(COC(=O)C2=C(CCl)CS[C@@H]3[C@H](CC(=O)Cc4ccccc4)C(=O)N23)cc1.COc1ccc(COC(=O)C2=C(CCl)CS[C@@H]3[C@H](N)C(=O)N23)cc1.ClCCl. The van der Waals surface area contributed by atoms with Gasteiger partial charge in [0.15, 0.2) is 0 Å². The number of ether oxygens (including phenoxy) is 4. The molecule has 4 aliphatic rings. The fourth-order valence-electron chi connectivity index (χ4n) is 6.60. The third-order valence-electron chi connectivity index (χ3n) is 9.70. The molecule has 0 saturated carbocycles. The molecule has 4 heterocycles. The Hall–Kier alpha value is -3.89. The lowest BCUT2D eigenvalue weighted by Gasteiger charge is -2.49. The molecule has 3 aromatic carbocycles. The van der Waals surface area contributed by atoms with Crippen molar-refractivity contribution in [3.05, 3.63) is 118 Å². The van der Waals surface area contributed by atoms with E-state index in [4.69, 9.17) is 71.1 Å². The summed E-state index contributed by atoms with van der Waals surface area (Å²) in [6.45, 7) is 0.175. The summed E-state index contributed by atoms with van der Waals surface area (Å²) < 4.78 is 21.1. The first-order chi connectivity index (χ1) is 29.0. The molecule has 2 N–H and O–H groups in total. The van der Waals surface area contributed by atoms with Crippen LogP contribution in [0, 0.1) is 5.92 Å². The Kier molecular flexibility index (Phi) is 17.9. The number of fused-ring (bicyclic) bond motifs is 2. The molecule has 4 aliphatic heterocycles. The number of alkyl halides is 4. The monoisotopic (exact) mass is 937 g/mol. The van der Waals surface area contributed by atoms with Crippen LogP contribution in [0.4, 0.5) is 0 Å². The largest absolute Gasteiger partial charge is 0.497 e. The lowest BCUT2D eigenvalue weighted by atomic mass is 9.89. The molecule has 0 bridgehead atoms. The molecule has 12 nitrogen and oxygen atoms in total. The van der Waals surface area contributed by atoms with Crippen molar-refractivity contribution in [2.24, 2.45) is 11.7 Å². The number of amides is 2. The summed E-state index contributed by atoms with van der Waals surface area (Å²) in [5.41, 5.74) is 10.2. The number of hydrogen-bond donors (Lipinski definition) is 1. The van der Waals surface area contributed by atoms with E-state index in [0.717, 1.165) is 22.4 Å². The molecule has 320 valence electrons. The first kappa shape index (κ1) is 47.2. The minimum Gasteiger partial charge on any atom is -0.497 e. The fourth-order valence-corrected chi connectivity index (χ4v) is 9.97. The first-order valence-electron chi connectivity index (χ1n) is 18.5. The Morgan fingerprint density at radius 1 is 0.667 bits per heavy atom. The number of methoxy groups -OCH3 is 2. The van der Waals surface area contributed by atoms with Gasteiger partial charge in [0.1, 0.15) is 53.3 Å². The van der Waals surface area contributed by atoms with Crippen LogP contribution in [-0.4, -0.2) is 99.0 Å². The number of thioether (sulfide) groups is 2. The second kappa shape index (κ2) is 22.8. The number of halogens is 4. The molecular weight excluding hydrogens is 896 g/mol. The number of Topliss-reactive ketones (excluding diaryl/α,β-unsaturated/α-hetero) is 1. The summed E-state index contributed by atoms with van der Waals surface area (Å²) in [7, 11) is 3.17. The van der Waals surface area contributed by atoms with Crippen LogP contribution in [0.15, 0.2) is 101 Å². The second-order valence-corrected chi connectivity index (χ2v) is 17.0. The average Bonchev–Trinajstić information content (AvgIpc) is 3.28. The molecular formula is C42H43Cl4N3O9S2. The zero-order chi connectivity index (χ0) is 43.3. The topological polar surface area (TPSA) is 155 Å². The fraction of sp³-hybridized carbons (Fsp3) is 0.357. The van der Waals surface area contributed by atoms with Crippen LogP contribution in [-0.2, 0) is 53.1 Å². The smallest absolute Gasteiger partial charge is 0.355 e. The maximum absolute atomic E-state index is 13.0. The molecule has 2 saturated heterocycles. The van der Waals surface area contributed by atoms with Crippen LogP contribution in [0.2, 0.25) is 0 Å². The molecule has 0 spiro atoms. The zero-order valence-corrected chi connectivity index (χ0v) is 37.3. The molecule has 4 atom stereocenters. The highest BCUT2D eigenvalue weighted by atomic mass is 35.5. The molecule has 0 unspecified atom stereocenters. The van der Waals surface area contributed by atoms with Crippen molar-refractivity contribution in [3.63, 3.8) is 0 Å². The minimum absolute atomic E-state index is 0.00977. The summed E-state index contributed by atoms with van der Waals surface area (Å²) in [5, 5.41) is -0.277. The Morgan fingerprint density at radius 3 is 1.57 bits per heavy atom. The van der Waals surface area contributed by atoms with Gasteiger partial charge in [0.05, 0.1) is 30.9 Å². The summed E-state index contributed by atoms with van der Waals surface area (Å²) in [5.74, 6) is 0.781. The quantitative estimate of drug-likeness (QED) is 0.102. The predicted octanol–water partition coefficient (Wildman–Crippen LogP) is 6.86. The van der Waals surface area contributed by atoms with Gasteiger partial charge in [-0.1, -0.05) is 54.6 Å². The number of esters is 2. The minimum atomic E-state index is -0.575. The van der Waals surface area contributed by atoms with Crippen LogP contribution < -0.4 is 15.2 Å². The van der Waals surface area contributed by atoms with Crippen molar-refractivity contribution in [3.8, 4) is 11.5 Å². The van der Waals surface area contributed by atoms with Gasteiger partial charge in [0.2, 0.25) is 11.8 Å². The molecule has 18 heteroatoms. The molecule has 0 radical (unpaired) electrons. The molecule has 2 amide bonds. The maximum Gasteiger partial charge on any atom is 0.355 e. The lowest BCUT2D eigenvalue weighted by molar-refractivity contribution is -0.156. The van der Waals surface area contributed by atoms with Gasteiger partial charge in [-0.25, -0.2) is 9.59 Å². The number of nitrogens with two attached hydrogens (primary N) is 1. The van der Waals surface area contributed by atoms with E-state index >= 15 is 0 Å². The van der Waals surface area contributed by atoms with E-state index in [1.165, 1.54) is 33.3 Å². The van der Waals surface area contributed by atoms with Crippen molar-refractivity contribution < 1.29 is 42.9 Å². The first-order valence-corrected chi connectivity index (χ1v) is 22.7. The lowest BCUT2D eigenvalue weighted by Crippen LogP contribution is -2.68. The third kappa shape index (κ3) is 11.3. The van der Waals surface area contributed by atoms with Gasteiger partial charge in [-0.15, -0.1) is 69.9 Å². The van der Waals surface area contributed by atoms with Crippen molar-refractivity contribution in [2.75, 3.05) is 42.8 Å². The van der Waals surface area contributed by atoms with Crippen LogP contribution in [0.3, 0.4) is 0 Å². The molecule has 60 heavy (non-hydrogen) atoms. The average molecular weight is 940 g/mol. The van der Waals surface area contributed by atoms with E-state index in [9.17, 15) is 24.0 Å². The molecule has 0 aliphatic carbocycles. The van der Waals surface area contributed by atoms with Crippen LogP contribution >= 0.6 is 69.9 Å². The number of carbonyl (C=O) groups is 5. The highest BCUT2D eigenvalue weighted by Gasteiger charge is 2.54. The van der Waals surface area contributed by atoms with E-state index in [2.05, 4.69) is 0 Å². The number of ketones is 1. The van der Waals surface area contributed by atoms with Crippen LogP contribution in [0.25, 0.3) is 0 Å². The Bertz CT molecular complexity index is 2070. The highest BCUT2D eigenvalue weighted by molar-refractivity contribution is 8.00. The van der Waals surface area contributed by atoms with Gasteiger partial charge < -0.3 is 24.7 Å². The van der Waals surface area contributed by atoms with Crippen LogP contribution in [0.1, 0.15) is 23.1 Å². The second-order valence-electron chi connectivity index (χ2n) is 13.5. The van der Waals surface area contributed by atoms with Gasteiger partial charge in [0, 0.05) is 36.1 Å². The van der Waals surface area contributed by atoms with Crippen LogP contribution in [0.5, 0.6) is 11.5 Å². The number of rotatable bonds is 14.